The van der Waals surface area contributed by atoms with E-state index in [2.05, 4.69) is 19.2 Å². The van der Waals surface area contributed by atoms with Crippen molar-refractivity contribution in [2.75, 3.05) is 6.54 Å². The molecule has 0 unspecified atom stereocenters. The Labute approximate surface area is 136 Å². The second-order valence-electron chi connectivity index (χ2n) is 5.97. The van der Waals surface area contributed by atoms with Crippen LogP contribution in [0, 0.1) is 0 Å². The molecule has 2 aromatic rings. The van der Waals surface area contributed by atoms with E-state index in [0.717, 1.165) is 11.1 Å². The van der Waals surface area contributed by atoms with Gasteiger partial charge in [-0.15, -0.1) is 0 Å². The third-order valence-electron chi connectivity index (χ3n) is 3.77. The first kappa shape index (κ1) is 16.5. The maximum atomic E-state index is 12.2. The van der Waals surface area contributed by atoms with Crippen molar-refractivity contribution in [2.45, 2.75) is 25.8 Å². The average Bonchev–Trinajstić information content (AvgIpc) is 2.53. The van der Waals surface area contributed by atoms with Crippen LogP contribution < -0.4 is 11.1 Å². The van der Waals surface area contributed by atoms with Crippen molar-refractivity contribution in [3.8, 4) is 0 Å². The molecule has 1 amide bonds. The predicted octanol–water partition coefficient (Wildman–Crippen LogP) is 3.51. The summed E-state index contributed by atoms with van der Waals surface area (Å²) in [6, 6.07) is 15.1. The number of amides is 1. The predicted molar refractivity (Wildman–Crippen MR) is 91.1 cm³/mol. The monoisotopic (exact) mass is 316 g/mol. The molecule has 4 heteroatoms. The fraction of sp³-hybridized carbons (Fsp3) is 0.278. The van der Waals surface area contributed by atoms with Crippen molar-refractivity contribution < 1.29 is 4.79 Å². The van der Waals surface area contributed by atoms with Gasteiger partial charge in [-0.05, 0) is 35.4 Å². The summed E-state index contributed by atoms with van der Waals surface area (Å²) in [5.41, 5.74) is 8.18. The molecule has 0 atom stereocenters. The van der Waals surface area contributed by atoms with E-state index in [1.165, 1.54) is 0 Å². The van der Waals surface area contributed by atoms with Gasteiger partial charge in [0.2, 0.25) is 0 Å². The standard InChI is InChI=1S/C18H21ClN2O/c1-18(2,15-7-9-16(19)10-8-15)12-21-17(22)14-5-3-13(11-20)4-6-14/h3-10H,11-12,20H2,1-2H3,(H,21,22). The molecule has 0 aromatic heterocycles. The third kappa shape index (κ3) is 4.09. The van der Waals surface area contributed by atoms with E-state index < -0.39 is 0 Å². The minimum absolute atomic E-state index is 0.0781. The van der Waals surface area contributed by atoms with Crippen LogP contribution in [0.15, 0.2) is 48.5 Å². The zero-order valence-electron chi connectivity index (χ0n) is 12.9. The van der Waals surface area contributed by atoms with Crippen molar-refractivity contribution in [1.29, 1.82) is 0 Å². The Balaban J connectivity index is 2.01. The van der Waals surface area contributed by atoms with E-state index in [0.29, 0.717) is 23.7 Å². The molecule has 0 fully saturated rings. The number of hydrogen-bond donors (Lipinski definition) is 2. The highest BCUT2D eigenvalue weighted by Gasteiger charge is 2.21. The van der Waals surface area contributed by atoms with Crippen LogP contribution in [0.5, 0.6) is 0 Å². The maximum absolute atomic E-state index is 12.2. The van der Waals surface area contributed by atoms with Crippen molar-refractivity contribution in [3.05, 3.63) is 70.2 Å². The van der Waals surface area contributed by atoms with Gasteiger partial charge >= 0.3 is 0 Å². The lowest BCUT2D eigenvalue weighted by atomic mass is 9.84. The number of benzene rings is 2. The maximum Gasteiger partial charge on any atom is 0.251 e. The van der Waals surface area contributed by atoms with E-state index in [9.17, 15) is 4.79 Å². The minimum atomic E-state index is -0.169. The van der Waals surface area contributed by atoms with Crippen molar-refractivity contribution in [1.82, 2.24) is 5.32 Å². The SMILES string of the molecule is CC(C)(CNC(=O)c1ccc(CN)cc1)c1ccc(Cl)cc1. The van der Waals surface area contributed by atoms with Crippen molar-refractivity contribution in [2.24, 2.45) is 5.73 Å². The Morgan fingerprint density at radius 2 is 1.68 bits per heavy atom. The van der Waals surface area contributed by atoms with Gasteiger partial charge < -0.3 is 11.1 Å². The number of nitrogens with one attached hydrogen (secondary N) is 1. The molecule has 0 spiro atoms. The van der Waals surface area contributed by atoms with Crippen LogP contribution in [0.2, 0.25) is 5.02 Å². The molecule has 0 saturated heterocycles. The van der Waals surface area contributed by atoms with Crippen molar-refractivity contribution in [3.63, 3.8) is 0 Å². The quantitative estimate of drug-likeness (QED) is 0.887. The first-order chi connectivity index (χ1) is 10.4. The minimum Gasteiger partial charge on any atom is -0.351 e. The first-order valence-electron chi connectivity index (χ1n) is 7.25. The summed E-state index contributed by atoms with van der Waals surface area (Å²) in [6.07, 6.45) is 0. The zero-order chi connectivity index (χ0) is 16.2. The average molecular weight is 317 g/mol. The number of nitrogens with two attached hydrogens (primary N) is 1. The molecule has 2 aromatic carbocycles. The first-order valence-corrected chi connectivity index (χ1v) is 7.63. The number of hydrogen-bond acceptors (Lipinski definition) is 2. The second kappa shape index (κ2) is 6.95. The van der Waals surface area contributed by atoms with E-state index in [4.69, 9.17) is 17.3 Å². The molecule has 0 bridgehead atoms. The highest BCUT2D eigenvalue weighted by molar-refractivity contribution is 6.30. The fourth-order valence-corrected chi connectivity index (χ4v) is 2.32. The summed E-state index contributed by atoms with van der Waals surface area (Å²) in [5, 5.41) is 3.70. The second-order valence-corrected chi connectivity index (χ2v) is 6.41. The molecular formula is C18H21ClN2O. The van der Waals surface area contributed by atoms with Gasteiger partial charge in [0.05, 0.1) is 0 Å². The molecule has 0 aliphatic rings. The van der Waals surface area contributed by atoms with Crippen LogP contribution >= 0.6 is 11.6 Å². The zero-order valence-corrected chi connectivity index (χ0v) is 13.7. The van der Waals surface area contributed by atoms with E-state index in [1.807, 2.05) is 36.4 Å². The molecule has 0 radical (unpaired) electrons. The van der Waals surface area contributed by atoms with Gasteiger partial charge in [-0.2, -0.15) is 0 Å². The summed E-state index contributed by atoms with van der Waals surface area (Å²) in [4.78, 5) is 12.2. The Morgan fingerprint density at radius 3 is 2.23 bits per heavy atom. The largest absolute Gasteiger partial charge is 0.351 e. The number of carbonyl (C=O) groups is 1. The normalized spacial score (nSPS) is 11.3. The number of halogens is 1. The molecule has 116 valence electrons. The van der Waals surface area contributed by atoms with Gasteiger partial charge in [0.1, 0.15) is 0 Å². The van der Waals surface area contributed by atoms with Crippen LogP contribution in [0.25, 0.3) is 0 Å². The molecule has 0 saturated carbocycles. The molecule has 0 aliphatic heterocycles. The van der Waals surface area contributed by atoms with Crippen LogP contribution in [-0.2, 0) is 12.0 Å². The highest BCUT2D eigenvalue weighted by atomic mass is 35.5. The van der Waals surface area contributed by atoms with Gasteiger partial charge in [-0.25, -0.2) is 0 Å². The van der Waals surface area contributed by atoms with Crippen LogP contribution in [-0.4, -0.2) is 12.5 Å². The molecule has 0 heterocycles. The highest BCUT2D eigenvalue weighted by Crippen LogP contribution is 2.24. The van der Waals surface area contributed by atoms with Gasteiger partial charge in [-0.1, -0.05) is 49.7 Å². The van der Waals surface area contributed by atoms with Crippen LogP contribution in [0.1, 0.15) is 35.3 Å². The van der Waals surface area contributed by atoms with E-state index >= 15 is 0 Å². The summed E-state index contributed by atoms with van der Waals surface area (Å²) in [7, 11) is 0. The smallest absolute Gasteiger partial charge is 0.251 e. The Kier molecular flexibility index (Phi) is 5.22. The summed E-state index contributed by atoms with van der Waals surface area (Å²) in [6.45, 7) is 5.21. The summed E-state index contributed by atoms with van der Waals surface area (Å²) >= 11 is 5.92. The number of carbonyl (C=O) groups excluding carboxylic acids is 1. The van der Waals surface area contributed by atoms with E-state index in [-0.39, 0.29) is 11.3 Å². The molecule has 3 N–H and O–H groups in total. The van der Waals surface area contributed by atoms with Crippen LogP contribution in [0.3, 0.4) is 0 Å². The third-order valence-corrected chi connectivity index (χ3v) is 4.02. The summed E-state index contributed by atoms with van der Waals surface area (Å²) in [5.74, 6) is -0.0781. The molecule has 0 aliphatic carbocycles. The lowest BCUT2D eigenvalue weighted by molar-refractivity contribution is 0.0945. The molecular weight excluding hydrogens is 296 g/mol. The van der Waals surface area contributed by atoms with Gasteiger partial charge in [0, 0.05) is 29.1 Å². The number of rotatable bonds is 5. The lowest BCUT2D eigenvalue weighted by Gasteiger charge is -2.25. The fourth-order valence-electron chi connectivity index (χ4n) is 2.20. The molecule has 3 nitrogen and oxygen atoms in total. The van der Waals surface area contributed by atoms with Crippen molar-refractivity contribution >= 4 is 17.5 Å². The lowest BCUT2D eigenvalue weighted by Crippen LogP contribution is -2.36. The van der Waals surface area contributed by atoms with Gasteiger partial charge in [0.15, 0.2) is 0 Å². The molecule has 2 rings (SSSR count). The van der Waals surface area contributed by atoms with Gasteiger partial charge in [-0.3, -0.25) is 4.79 Å². The van der Waals surface area contributed by atoms with E-state index in [1.54, 1.807) is 12.1 Å². The Hall–Kier alpha value is -1.84. The Bertz CT molecular complexity index is 633. The topological polar surface area (TPSA) is 55.1 Å². The van der Waals surface area contributed by atoms with Crippen LogP contribution in [0.4, 0.5) is 0 Å². The Morgan fingerprint density at radius 1 is 1.09 bits per heavy atom. The van der Waals surface area contributed by atoms with Gasteiger partial charge in [0.25, 0.3) is 5.91 Å². The molecule has 22 heavy (non-hydrogen) atoms. The summed E-state index contributed by atoms with van der Waals surface area (Å²) < 4.78 is 0.